The fourth-order valence-corrected chi connectivity index (χ4v) is 2.01. The predicted octanol–water partition coefficient (Wildman–Crippen LogP) is 3.14. The lowest BCUT2D eigenvalue weighted by Crippen LogP contribution is -2.35. The summed E-state index contributed by atoms with van der Waals surface area (Å²) in [7, 11) is 0. The highest BCUT2D eigenvalue weighted by Crippen LogP contribution is 2.25. The summed E-state index contributed by atoms with van der Waals surface area (Å²) in [4.78, 5) is 0. The van der Waals surface area contributed by atoms with Crippen LogP contribution in [0.3, 0.4) is 0 Å². The number of hydrogen-bond donors (Lipinski definition) is 1. The average molecular weight is 221 g/mol. The fraction of sp³-hybridized carbons (Fsp3) is 0.571. The Hall–Kier alpha value is -1.02. The van der Waals surface area contributed by atoms with Crippen molar-refractivity contribution in [1.82, 2.24) is 0 Å². The summed E-state index contributed by atoms with van der Waals surface area (Å²) in [6.45, 7) is 8.32. The Morgan fingerprint density at radius 3 is 2.50 bits per heavy atom. The van der Waals surface area contributed by atoms with Crippen molar-refractivity contribution in [3.05, 3.63) is 29.8 Å². The van der Waals surface area contributed by atoms with Gasteiger partial charge in [-0.3, -0.25) is 0 Å². The van der Waals surface area contributed by atoms with Crippen molar-refractivity contribution < 1.29 is 4.74 Å². The first-order valence-corrected chi connectivity index (χ1v) is 5.97. The highest BCUT2D eigenvalue weighted by atomic mass is 16.5. The third-order valence-corrected chi connectivity index (χ3v) is 2.55. The molecule has 0 radical (unpaired) electrons. The van der Waals surface area contributed by atoms with Crippen molar-refractivity contribution in [2.75, 3.05) is 0 Å². The molecule has 1 rings (SSSR count). The fourth-order valence-electron chi connectivity index (χ4n) is 2.01. The smallest absolute Gasteiger partial charge is 0.123 e. The lowest BCUT2D eigenvalue weighted by atomic mass is 10.00. The van der Waals surface area contributed by atoms with Crippen molar-refractivity contribution in [3.63, 3.8) is 0 Å². The molecule has 0 fully saturated rings. The van der Waals surface area contributed by atoms with Crippen LogP contribution in [0.15, 0.2) is 24.3 Å². The average Bonchev–Trinajstić information content (AvgIpc) is 2.15. The van der Waals surface area contributed by atoms with Gasteiger partial charge in [0.15, 0.2) is 0 Å². The van der Waals surface area contributed by atoms with Gasteiger partial charge in [-0.2, -0.15) is 0 Å². The van der Waals surface area contributed by atoms with Crippen LogP contribution in [0.4, 0.5) is 0 Å². The molecule has 2 heteroatoms. The summed E-state index contributed by atoms with van der Waals surface area (Å²) in [6.07, 6.45) is 1.84. The van der Waals surface area contributed by atoms with E-state index in [2.05, 4.69) is 26.8 Å². The van der Waals surface area contributed by atoms with E-state index in [4.69, 9.17) is 10.5 Å². The second kappa shape index (κ2) is 5.35. The number of benzene rings is 1. The Morgan fingerprint density at radius 1 is 1.31 bits per heavy atom. The molecule has 0 aliphatic rings. The zero-order valence-electron chi connectivity index (χ0n) is 10.8. The highest BCUT2D eigenvalue weighted by molar-refractivity contribution is 5.33. The molecule has 0 aliphatic carbocycles. The van der Waals surface area contributed by atoms with Crippen molar-refractivity contribution >= 4 is 0 Å². The molecule has 0 amide bonds. The van der Waals surface area contributed by atoms with Crippen LogP contribution < -0.4 is 10.5 Å². The SMILES string of the molecule is CCc1ccccc1OC(C)(C)CC(C)N. The van der Waals surface area contributed by atoms with Gasteiger partial charge in [-0.25, -0.2) is 0 Å². The molecule has 0 spiro atoms. The quantitative estimate of drug-likeness (QED) is 0.829. The van der Waals surface area contributed by atoms with Crippen LogP contribution >= 0.6 is 0 Å². The van der Waals surface area contributed by atoms with E-state index < -0.39 is 0 Å². The molecule has 1 atom stereocenters. The summed E-state index contributed by atoms with van der Waals surface area (Å²) >= 11 is 0. The Bertz CT molecular complexity index is 331. The predicted molar refractivity (Wildman–Crippen MR) is 68.8 cm³/mol. The highest BCUT2D eigenvalue weighted by Gasteiger charge is 2.22. The molecule has 0 saturated carbocycles. The summed E-state index contributed by atoms with van der Waals surface area (Å²) in [5.74, 6) is 0.982. The molecule has 90 valence electrons. The number of para-hydroxylation sites is 1. The van der Waals surface area contributed by atoms with Gasteiger partial charge in [-0.05, 0) is 38.8 Å². The van der Waals surface area contributed by atoms with E-state index in [-0.39, 0.29) is 11.6 Å². The minimum atomic E-state index is -0.209. The Labute approximate surface area is 98.8 Å². The summed E-state index contributed by atoms with van der Waals surface area (Å²) in [5.41, 5.74) is 6.86. The maximum Gasteiger partial charge on any atom is 0.123 e. The molecule has 1 aromatic carbocycles. The monoisotopic (exact) mass is 221 g/mol. The normalized spacial score (nSPS) is 13.6. The molecule has 0 aliphatic heterocycles. The number of aryl methyl sites for hydroxylation is 1. The molecule has 1 aromatic rings. The van der Waals surface area contributed by atoms with E-state index >= 15 is 0 Å². The first-order chi connectivity index (χ1) is 7.44. The van der Waals surface area contributed by atoms with Crippen LogP contribution in [0.1, 0.15) is 39.7 Å². The van der Waals surface area contributed by atoms with Gasteiger partial charge in [0.2, 0.25) is 0 Å². The third kappa shape index (κ3) is 3.86. The molecule has 16 heavy (non-hydrogen) atoms. The maximum atomic E-state index is 6.05. The Balaban J connectivity index is 2.78. The van der Waals surface area contributed by atoms with Crippen molar-refractivity contribution in [1.29, 1.82) is 0 Å². The number of ether oxygens (including phenoxy) is 1. The van der Waals surface area contributed by atoms with Crippen LogP contribution in [0.5, 0.6) is 5.75 Å². The van der Waals surface area contributed by atoms with Crippen molar-refractivity contribution in [2.24, 2.45) is 5.73 Å². The van der Waals surface area contributed by atoms with Gasteiger partial charge < -0.3 is 10.5 Å². The molecular weight excluding hydrogens is 198 g/mol. The van der Waals surface area contributed by atoms with E-state index in [1.807, 2.05) is 25.1 Å². The Kier molecular flexibility index (Phi) is 4.36. The molecule has 2 nitrogen and oxygen atoms in total. The van der Waals surface area contributed by atoms with Gasteiger partial charge >= 0.3 is 0 Å². The van der Waals surface area contributed by atoms with Crippen LogP contribution in [-0.4, -0.2) is 11.6 Å². The number of nitrogens with two attached hydrogens (primary N) is 1. The maximum absolute atomic E-state index is 6.05. The molecule has 0 aromatic heterocycles. The third-order valence-electron chi connectivity index (χ3n) is 2.55. The van der Waals surface area contributed by atoms with E-state index in [0.29, 0.717) is 0 Å². The minimum Gasteiger partial charge on any atom is -0.488 e. The molecule has 0 bridgehead atoms. The lowest BCUT2D eigenvalue weighted by molar-refractivity contribution is 0.0921. The topological polar surface area (TPSA) is 35.2 Å². The lowest BCUT2D eigenvalue weighted by Gasteiger charge is -2.29. The van der Waals surface area contributed by atoms with Gasteiger partial charge in [-0.15, -0.1) is 0 Å². The first-order valence-electron chi connectivity index (χ1n) is 5.97. The van der Waals surface area contributed by atoms with Crippen molar-refractivity contribution in [2.45, 2.75) is 52.2 Å². The van der Waals surface area contributed by atoms with Gasteiger partial charge in [0.05, 0.1) is 0 Å². The van der Waals surface area contributed by atoms with Crippen LogP contribution in [0.25, 0.3) is 0 Å². The summed E-state index contributed by atoms with van der Waals surface area (Å²) in [6, 6.07) is 8.35. The number of rotatable bonds is 5. The van der Waals surface area contributed by atoms with E-state index in [1.165, 1.54) is 5.56 Å². The van der Waals surface area contributed by atoms with Crippen molar-refractivity contribution in [3.8, 4) is 5.75 Å². The van der Waals surface area contributed by atoms with Gasteiger partial charge in [-0.1, -0.05) is 25.1 Å². The van der Waals surface area contributed by atoms with Gasteiger partial charge in [0, 0.05) is 12.5 Å². The molecule has 2 N–H and O–H groups in total. The van der Waals surface area contributed by atoms with Gasteiger partial charge in [0.25, 0.3) is 0 Å². The van der Waals surface area contributed by atoms with Crippen LogP contribution in [-0.2, 0) is 6.42 Å². The molecule has 1 unspecified atom stereocenters. The summed E-state index contributed by atoms with van der Waals surface area (Å²) < 4.78 is 6.05. The second-order valence-corrected chi connectivity index (χ2v) is 5.00. The molecular formula is C14H23NO. The minimum absolute atomic E-state index is 0.156. The van der Waals surface area contributed by atoms with Gasteiger partial charge in [0.1, 0.15) is 11.4 Å². The second-order valence-electron chi connectivity index (χ2n) is 5.00. The molecule has 0 saturated heterocycles. The van der Waals surface area contributed by atoms with Crippen LogP contribution in [0, 0.1) is 0 Å². The summed E-state index contributed by atoms with van der Waals surface area (Å²) in [5, 5.41) is 0. The zero-order valence-corrected chi connectivity index (χ0v) is 10.8. The van der Waals surface area contributed by atoms with E-state index in [1.54, 1.807) is 0 Å². The zero-order chi connectivity index (χ0) is 12.2. The van der Waals surface area contributed by atoms with E-state index in [0.717, 1.165) is 18.6 Å². The first kappa shape index (κ1) is 13.0. The largest absolute Gasteiger partial charge is 0.488 e. The molecule has 0 heterocycles. The number of hydrogen-bond acceptors (Lipinski definition) is 2. The standard InChI is InChI=1S/C14H23NO/c1-5-12-8-6-7-9-13(12)16-14(3,4)10-11(2)15/h6-9,11H,5,10,15H2,1-4H3. The Morgan fingerprint density at radius 2 is 1.94 bits per heavy atom. The van der Waals surface area contributed by atoms with Crippen LogP contribution in [0.2, 0.25) is 0 Å². The van der Waals surface area contributed by atoms with E-state index in [9.17, 15) is 0 Å².